The van der Waals surface area contributed by atoms with Gasteiger partial charge in [0.2, 0.25) is 10.0 Å². The lowest BCUT2D eigenvalue weighted by Crippen LogP contribution is -2.47. The highest BCUT2D eigenvalue weighted by atomic mass is 32.2. The Bertz CT molecular complexity index is 1180. The number of Topliss-reactive ketones (excluding diaryl/α,β-unsaturated/α-hetero) is 1. The fraction of sp³-hybridized carbons (Fsp3) is 0.409. The van der Waals surface area contributed by atoms with E-state index >= 15 is 0 Å². The van der Waals surface area contributed by atoms with E-state index in [-0.39, 0.29) is 22.9 Å². The fourth-order valence-electron chi connectivity index (χ4n) is 3.74. The number of rotatable bonds is 9. The van der Waals surface area contributed by atoms with Crippen LogP contribution in [-0.4, -0.2) is 77.4 Å². The molecular formula is C22H28FN5O5S. The highest BCUT2D eigenvalue weighted by Crippen LogP contribution is 2.32. The summed E-state index contributed by atoms with van der Waals surface area (Å²) in [5.74, 6) is -0.718. The van der Waals surface area contributed by atoms with Gasteiger partial charge in [0.05, 0.1) is 15.5 Å². The third-order valence-electron chi connectivity index (χ3n) is 5.62. The van der Waals surface area contributed by atoms with Crippen LogP contribution in [0.5, 0.6) is 0 Å². The molecular weight excluding hydrogens is 465 g/mol. The molecule has 0 aliphatic carbocycles. The maximum Gasteiger partial charge on any atom is 0.293 e. The number of hydrogen-bond donors (Lipinski definition) is 1. The van der Waals surface area contributed by atoms with Crippen molar-refractivity contribution in [2.45, 2.75) is 11.8 Å². The van der Waals surface area contributed by atoms with Gasteiger partial charge in [0.15, 0.2) is 5.78 Å². The molecule has 184 valence electrons. The Balaban J connectivity index is 1.76. The van der Waals surface area contributed by atoms with E-state index in [1.54, 1.807) is 17.0 Å². The summed E-state index contributed by atoms with van der Waals surface area (Å²) in [6, 6.07) is 8.21. The molecule has 0 bridgehead atoms. The quantitative estimate of drug-likeness (QED) is 0.321. The van der Waals surface area contributed by atoms with Gasteiger partial charge in [0, 0.05) is 50.9 Å². The lowest BCUT2D eigenvalue weighted by molar-refractivity contribution is -0.384. The first kappa shape index (κ1) is 25.5. The fourth-order valence-corrected chi connectivity index (χ4v) is 4.78. The molecule has 2 aromatic rings. The molecule has 1 aliphatic heterocycles. The number of nitrogens with zero attached hydrogens (tertiary/aromatic N) is 4. The van der Waals surface area contributed by atoms with Crippen LogP contribution < -0.4 is 14.5 Å². The van der Waals surface area contributed by atoms with Crippen molar-refractivity contribution in [3.63, 3.8) is 0 Å². The van der Waals surface area contributed by atoms with Gasteiger partial charge in [-0.25, -0.2) is 17.5 Å². The van der Waals surface area contributed by atoms with Gasteiger partial charge in [-0.1, -0.05) is 0 Å². The molecule has 1 N–H and O–H groups in total. The summed E-state index contributed by atoms with van der Waals surface area (Å²) in [4.78, 5) is 27.8. The van der Waals surface area contributed by atoms with E-state index < -0.39 is 20.8 Å². The third kappa shape index (κ3) is 5.88. The molecule has 0 saturated carbocycles. The normalized spacial score (nSPS) is 14.5. The van der Waals surface area contributed by atoms with E-state index in [0.717, 1.165) is 6.07 Å². The van der Waals surface area contributed by atoms with Gasteiger partial charge in [0.25, 0.3) is 5.69 Å². The van der Waals surface area contributed by atoms with E-state index in [0.29, 0.717) is 49.7 Å². The number of anilines is 2. The Morgan fingerprint density at radius 1 is 1.09 bits per heavy atom. The number of sulfonamides is 1. The van der Waals surface area contributed by atoms with Crippen LogP contribution >= 0.6 is 0 Å². The largest absolute Gasteiger partial charge is 0.366 e. The summed E-state index contributed by atoms with van der Waals surface area (Å²) >= 11 is 0. The first-order valence-corrected chi connectivity index (χ1v) is 12.2. The monoisotopic (exact) mass is 493 g/mol. The Morgan fingerprint density at radius 3 is 2.21 bits per heavy atom. The van der Waals surface area contributed by atoms with Crippen molar-refractivity contribution < 1.29 is 22.5 Å². The van der Waals surface area contributed by atoms with Gasteiger partial charge in [-0.2, -0.15) is 0 Å². The number of nitro groups is 1. The minimum absolute atomic E-state index is 0.173. The molecule has 34 heavy (non-hydrogen) atoms. The Hall–Kier alpha value is -3.09. The number of hydrogen-bond acceptors (Lipinski definition) is 8. The van der Waals surface area contributed by atoms with Crippen LogP contribution in [0.15, 0.2) is 41.3 Å². The molecule has 0 spiro atoms. The van der Waals surface area contributed by atoms with Gasteiger partial charge >= 0.3 is 0 Å². The van der Waals surface area contributed by atoms with Crippen LogP contribution in [0.2, 0.25) is 0 Å². The van der Waals surface area contributed by atoms with Gasteiger partial charge < -0.3 is 14.7 Å². The highest BCUT2D eigenvalue weighted by Gasteiger charge is 2.27. The molecule has 1 heterocycles. The number of carbonyl (C=O) groups is 1. The Labute approximate surface area is 198 Å². The molecule has 0 atom stereocenters. The summed E-state index contributed by atoms with van der Waals surface area (Å²) in [7, 11) is -0.275. The van der Waals surface area contributed by atoms with Crippen molar-refractivity contribution in [2.24, 2.45) is 0 Å². The second kappa shape index (κ2) is 10.5. The van der Waals surface area contributed by atoms with Crippen LogP contribution in [0.25, 0.3) is 0 Å². The molecule has 3 rings (SSSR count). The van der Waals surface area contributed by atoms with Crippen LogP contribution in [0.1, 0.15) is 17.3 Å². The molecule has 0 unspecified atom stereocenters. The molecule has 1 aliphatic rings. The Kier molecular flexibility index (Phi) is 7.85. The van der Waals surface area contributed by atoms with Crippen LogP contribution in [0, 0.1) is 15.9 Å². The average molecular weight is 494 g/mol. The van der Waals surface area contributed by atoms with Crippen molar-refractivity contribution >= 4 is 32.9 Å². The zero-order chi connectivity index (χ0) is 25.0. The number of nitrogens with one attached hydrogen (secondary N) is 1. The maximum atomic E-state index is 14.5. The van der Waals surface area contributed by atoms with Crippen LogP contribution in [0.3, 0.4) is 0 Å². The minimum Gasteiger partial charge on any atom is -0.366 e. The first-order valence-electron chi connectivity index (χ1n) is 10.7. The summed E-state index contributed by atoms with van der Waals surface area (Å²) in [6.07, 6.45) is 0. The van der Waals surface area contributed by atoms with Crippen molar-refractivity contribution in [3.8, 4) is 0 Å². The summed E-state index contributed by atoms with van der Waals surface area (Å²) in [5.41, 5.74) is 0.663. The lowest BCUT2D eigenvalue weighted by atomic mass is 10.1. The summed E-state index contributed by atoms with van der Waals surface area (Å²) in [6.45, 7) is 3.60. The number of halogens is 1. The maximum absolute atomic E-state index is 14.5. The standard InChI is InChI=1S/C22H28FN5O5S/c1-16(29)17-4-6-20(19(23)14-17)26-10-12-27(13-11-26)21-7-5-18(15-22(21)28(30)31)34(32,33)24-8-9-25(2)3/h4-7,14-15,24H,8-13H2,1-3H3. The number of benzene rings is 2. The number of likely N-dealkylation sites (N-methyl/N-ethyl adjacent to an activating group) is 1. The smallest absolute Gasteiger partial charge is 0.293 e. The topological polar surface area (TPSA) is 116 Å². The zero-order valence-electron chi connectivity index (χ0n) is 19.3. The van der Waals surface area contributed by atoms with Gasteiger partial charge in [-0.05, 0) is 51.4 Å². The van der Waals surface area contributed by atoms with Crippen LogP contribution in [0.4, 0.5) is 21.5 Å². The lowest BCUT2D eigenvalue weighted by Gasteiger charge is -2.37. The van der Waals surface area contributed by atoms with E-state index in [1.165, 1.54) is 25.1 Å². The molecule has 12 heteroatoms. The van der Waals surface area contributed by atoms with Gasteiger partial charge in [-0.15, -0.1) is 0 Å². The third-order valence-corrected chi connectivity index (χ3v) is 7.08. The van der Waals surface area contributed by atoms with E-state index in [9.17, 15) is 27.7 Å². The zero-order valence-corrected chi connectivity index (χ0v) is 20.1. The first-order chi connectivity index (χ1) is 16.0. The molecule has 1 fully saturated rings. The van der Waals surface area contributed by atoms with Crippen molar-refractivity contribution in [2.75, 3.05) is 63.2 Å². The van der Waals surface area contributed by atoms with Crippen LogP contribution in [-0.2, 0) is 10.0 Å². The molecule has 10 nitrogen and oxygen atoms in total. The Morgan fingerprint density at radius 2 is 1.68 bits per heavy atom. The van der Waals surface area contributed by atoms with Crippen molar-refractivity contribution in [1.82, 2.24) is 9.62 Å². The highest BCUT2D eigenvalue weighted by molar-refractivity contribution is 7.89. The molecule has 0 radical (unpaired) electrons. The predicted octanol–water partition coefficient (Wildman–Crippen LogP) is 2.10. The SMILES string of the molecule is CC(=O)c1ccc(N2CCN(c3ccc(S(=O)(=O)NCCN(C)C)cc3[N+](=O)[O-])CC2)c(F)c1. The van der Waals surface area contributed by atoms with Gasteiger partial charge in [-0.3, -0.25) is 14.9 Å². The molecule has 1 saturated heterocycles. The second-order valence-electron chi connectivity index (χ2n) is 8.31. The number of carbonyl (C=O) groups excluding carboxylic acids is 1. The van der Waals surface area contributed by atoms with Gasteiger partial charge in [0.1, 0.15) is 11.5 Å². The number of ketones is 1. The molecule has 0 aromatic heterocycles. The van der Waals surface area contributed by atoms with Crippen molar-refractivity contribution in [1.29, 1.82) is 0 Å². The van der Waals surface area contributed by atoms with E-state index in [4.69, 9.17) is 0 Å². The number of piperazine rings is 1. The predicted molar refractivity (Wildman–Crippen MR) is 128 cm³/mol. The number of nitro benzene ring substituents is 1. The average Bonchev–Trinajstić information content (AvgIpc) is 2.78. The van der Waals surface area contributed by atoms with Crippen molar-refractivity contribution in [3.05, 3.63) is 57.9 Å². The molecule has 2 aromatic carbocycles. The minimum atomic E-state index is -3.89. The summed E-state index contributed by atoms with van der Waals surface area (Å²) in [5, 5.41) is 11.7. The van der Waals surface area contributed by atoms with E-state index in [2.05, 4.69) is 4.72 Å². The summed E-state index contributed by atoms with van der Waals surface area (Å²) < 4.78 is 42.0. The molecule has 0 amide bonds. The van der Waals surface area contributed by atoms with E-state index in [1.807, 2.05) is 23.9 Å². The second-order valence-corrected chi connectivity index (χ2v) is 10.1.